The van der Waals surface area contributed by atoms with Crippen LogP contribution in [0.3, 0.4) is 0 Å². The first-order chi connectivity index (χ1) is 12.4. The molecule has 0 bridgehead atoms. The van der Waals surface area contributed by atoms with Gasteiger partial charge in [0.15, 0.2) is 11.0 Å². The molecule has 3 heterocycles. The maximum atomic E-state index is 12.6. The third kappa shape index (κ3) is 3.01. The number of thiazole rings is 1. The molecule has 0 saturated carbocycles. The Balaban J connectivity index is 1.59. The van der Waals surface area contributed by atoms with E-state index in [0.717, 1.165) is 29.1 Å². The minimum Gasteiger partial charge on any atom is -0.330 e. The van der Waals surface area contributed by atoms with Gasteiger partial charge in [-0.05, 0) is 24.3 Å². The molecule has 0 aliphatic heterocycles. The zero-order valence-corrected chi connectivity index (χ0v) is 14.3. The Morgan fingerprint density at radius 2 is 1.88 bits per heavy atom. The predicted molar refractivity (Wildman–Crippen MR) is 94.3 cm³/mol. The molecule has 0 aliphatic rings. The molecule has 0 unspecified atom stereocenters. The normalized spacial score (nSPS) is 11.8. The van der Waals surface area contributed by atoms with Crippen LogP contribution in [0.1, 0.15) is 5.69 Å². The molecule has 1 aromatic carbocycles. The highest BCUT2D eigenvalue weighted by Crippen LogP contribution is 2.30. The molecule has 0 spiro atoms. The van der Waals surface area contributed by atoms with Crippen molar-refractivity contribution in [2.75, 3.05) is 5.32 Å². The Morgan fingerprint density at radius 1 is 1.08 bits per heavy atom. The Labute approximate surface area is 150 Å². The summed E-state index contributed by atoms with van der Waals surface area (Å²) in [5, 5.41) is 5.36. The zero-order chi connectivity index (χ0) is 18.3. The van der Waals surface area contributed by atoms with E-state index in [1.807, 2.05) is 41.3 Å². The van der Waals surface area contributed by atoms with Gasteiger partial charge >= 0.3 is 6.18 Å². The van der Waals surface area contributed by atoms with Gasteiger partial charge in [0.25, 0.3) is 0 Å². The number of hydrogen-bond acceptors (Lipinski definition) is 5. The van der Waals surface area contributed by atoms with Gasteiger partial charge in [0, 0.05) is 12.4 Å². The summed E-state index contributed by atoms with van der Waals surface area (Å²) in [5.41, 5.74) is 2.07. The standard InChI is InChI=1S/C17H12F3N5S/c1-25-13-5-3-2-4-11(13)23-15(25)12-9-26-16(24-12)22-10-6-7-14(21-8-10)17(18,19)20/h2-9H,1H3,(H,22,24). The minimum atomic E-state index is -4.45. The first-order valence-electron chi connectivity index (χ1n) is 7.59. The molecule has 0 amide bonds. The summed E-state index contributed by atoms with van der Waals surface area (Å²) in [7, 11) is 1.91. The van der Waals surface area contributed by atoms with Crippen LogP contribution < -0.4 is 5.32 Å². The van der Waals surface area contributed by atoms with E-state index in [9.17, 15) is 13.2 Å². The van der Waals surface area contributed by atoms with Crippen LogP contribution in [0.15, 0.2) is 48.0 Å². The summed E-state index contributed by atoms with van der Waals surface area (Å²) in [6.45, 7) is 0. The fourth-order valence-corrected chi connectivity index (χ4v) is 3.28. The first kappa shape index (κ1) is 16.5. The van der Waals surface area contributed by atoms with Gasteiger partial charge in [-0.3, -0.25) is 0 Å². The molecule has 0 radical (unpaired) electrons. The number of benzene rings is 1. The molecule has 0 atom stereocenters. The van der Waals surface area contributed by atoms with Gasteiger partial charge < -0.3 is 9.88 Å². The number of rotatable bonds is 3. The van der Waals surface area contributed by atoms with Gasteiger partial charge in [-0.2, -0.15) is 13.2 Å². The zero-order valence-electron chi connectivity index (χ0n) is 13.4. The second kappa shape index (κ2) is 6.10. The van der Waals surface area contributed by atoms with Crippen LogP contribution in [-0.4, -0.2) is 19.5 Å². The highest BCUT2D eigenvalue weighted by atomic mass is 32.1. The van der Waals surface area contributed by atoms with E-state index in [1.165, 1.54) is 17.4 Å². The molecular weight excluding hydrogens is 363 g/mol. The van der Waals surface area contributed by atoms with Crippen molar-refractivity contribution < 1.29 is 13.2 Å². The average molecular weight is 375 g/mol. The van der Waals surface area contributed by atoms with Crippen molar-refractivity contribution in [3.63, 3.8) is 0 Å². The monoisotopic (exact) mass is 375 g/mol. The number of anilines is 2. The molecule has 3 aromatic heterocycles. The molecule has 1 N–H and O–H groups in total. The number of nitrogens with zero attached hydrogens (tertiary/aromatic N) is 4. The summed E-state index contributed by atoms with van der Waals surface area (Å²) in [4.78, 5) is 12.5. The molecule has 0 saturated heterocycles. The number of fused-ring (bicyclic) bond motifs is 1. The summed E-state index contributed by atoms with van der Waals surface area (Å²) in [6.07, 6.45) is -3.31. The maximum absolute atomic E-state index is 12.6. The Kier molecular flexibility index (Phi) is 3.87. The first-order valence-corrected chi connectivity index (χ1v) is 8.47. The number of nitrogens with one attached hydrogen (secondary N) is 1. The predicted octanol–water partition coefficient (Wildman–Crippen LogP) is 4.85. The second-order valence-electron chi connectivity index (χ2n) is 5.58. The van der Waals surface area contributed by atoms with Crippen molar-refractivity contribution in [3.8, 4) is 11.5 Å². The summed E-state index contributed by atoms with van der Waals surface area (Å²) in [5.74, 6) is 0.723. The molecule has 4 rings (SSSR count). The van der Waals surface area contributed by atoms with Crippen molar-refractivity contribution in [1.82, 2.24) is 19.5 Å². The molecule has 0 aliphatic carbocycles. The van der Waals surface area contributed by atoms with Gasteiger partial charge in [-0.1, -0.05) is 12.1 Å². The topological polar surface area (TPSA) is 55.6 Å². The third-order valence-corrected chi connectivity index (χ3v) is 4.58. The number of aryl methyl sites for hydroxylation is 1. The van der Waals surface area contributed by atoms with Crippen LogP contribution in [0.5, 0.6) is 0 Å². The van der Waals surface area contributed by atoms with E-state index in [0.29, 0.717) is 16.5 Å². The largest absolute Gasteiger partial charge is 0.433 e. The molecule has 26 heavy (non-hydrogen) atoms. The van der Waals surface area contributed by atoms with Gasteiger partial charge in [0.05, 0.1) is 22.9 Å². The summed E-state index contributed by atoms with van der Waals surface area (Å²) >= 11 is 1.34. The lowest BCUT2D eigenvalue weighted by molar-refractivity contribution is -0.141. The van der Waals surface area contributed by atoms with E-state index in [4.69, 9.17) is 0 Å². The Hall–Kier alpha value is -2.94. The van der Waals surface area contributed by atoms with Crippen LogP contribution in [0.2, 0.25) is 0 Å². The quantitative estimate of drug-likeness (QED) is 0.556. The van der Waals surface area contributed by atoms with Crippen LogP contribution in [0, 0.1) is 0 Å². The van der Waals surface area contributed by atoms with E-state index >= 15 is 0 Å². The van der Waals surface area contributed by atoms with Crippen LogP contribution in [0.4, 0.5) is 24.0 Å². The van der Waals surface area contributed by atoms with Crippen molar-refractivity contribution >= 4 is 33.2 Å². The third-order valence-electron chi connectivity index (χ3n) is 3.83. The van der Waals surface area contributed by atoms with E-state index < -0.39 is 11.9 Å². The van der Waals surface area contributed by atoms with Gasteiger partial charge in [0.2, 0.25) is 0 Å². The van der Waals surface area contributed by atoms with E-state index in [1.54, 1.807) is 0 Å². The lowest BCUT2D eigenvalue weighted by atomic mass is 10.3. The average Bonchev–Trinajstić information content (AvgIpc) is 3.20. The molecule has 5 nitrogen and oxygen atoms in total. The van der Waals surface area contributed by atoms with Crippen LogP contribution in [0.25, 0.3) is 22.6 Å². The van der Waals surface area contributed by atoms with Gasteiger partial charge in [-0.15, -0.1) is 11.3 Å². The van der Waals surface area contributed by atoms with Gasteiger partial charge in [0.1, 0.15) is 11.4 Å². The Morgan fingerprint density at radius 3 is 2.58 bits per heavy atom. The van der Waals surface area contributed by atoms with Crippen LogP contribution >= 0.6 is 11.3 Å². The number of alkyl halides is 3. The molecule has 0 fully saturated rings. The number of imidazole rings is 1. The number of hydrogen-bond donors (Lipinski definition) is 1. The molecule has 4 aromatic rings. The minimum absolute atomic E-state index is 0.434. The highest BCUT2D eigenvalue weighted by molar-refractivity contribution is 7.14. The van der Waals surface area contributed by atoms with E-state index in [2.05, 4.69) is 20.3 Å². The number of para-hydroxylation sites is 2. The lowest BCUT2D eigenvalue weighted by Gasteiger charge is -2.06. The smallest absolute Gasteiger partial charge is 0.330 e. The highest BCUT2D eigenvalue weighted by Gasteiger charge is 2.32. The molecule has 132 valence electrons. The number of aromatic nitrogens is 4. The van der Waals surface area contributed by atoms with Crippen LogP contribution in [-0.2, 0) is 13.2 Å². The Bertz CT molecular complexity index is 1070. The van der Waals surface area contributed by atoms with Crippen molar-refractivity contribution in [2.45, 2.75) is 6.18 Å². The molecular formula is C17H12F3N5S. The summed E-state index contributed by atoms with van der Waals surface area (Å²) in [6, 6.07) is 10.0. The summed E-state index contributed by atoms with van der Waals surface area (Å²) < 4.78 is 39.6. The second-order valence-corrected chi connectivity index (χ2v) is 6.43. The number of halogens is 3. The van der Waals surface area contributed by atoms with Crippen molar-refractivity contribution in [3.05, 3.63) is 53.7 Å². The maximum Gasteiger partial charge on any atom is 0.433 e. The SMILES string of the molecule is Cn1c(-c2csc(Nc3ccc(C(F)(F)F)nc3)n2)nc2ccccc21. The van der Waals surface area contributed by atoms with E-state index in [-0.39, 0.29) is 0 Å². The van der Waals surface area contributed by atoms with Crippen molar-refractivity contribution in [2.24, 2.45) is 7.05 Å². The lowest BCUT2D eigenvalue weighted by Crippen LogP contribution is -2.07. The number of pyridine rings is 1. The van der Waals surface area contributed by atoms with Crippen molar-refractivity contribution in [1.29, 1.82) is 0 Å². The fraction of sp³-hybridized carbons (Fsp3) is 0.118. The molecule has 9 heteroatoms. The van der Waals surface area contributed by atoms with Gasteiger partial charge in [-0.25, -0.2) is 15.0 Å². The fourth-order valence-electron chi connectivity index (χ4n) is 2.57.